The maximum Gasteiger partial charge on any atom is 0.338 e. The van der Waals surface area contributed by atoms with Crippen LogP contribution < -0.4 is 5.73 Å². The van der Waals surface area contributed by atoms with Gasteiger partial charge in [-0.1, -0.05) is 59.6 Å². The number of halogens is 2. The quantitative estimate of drug-likeness (QED) is 0.727. The second-order valence-electron chi connectivity index (χ2n) is 5.89. The fourth-order valence-corrected chi connectivity index (χ4v) is 3.67. The van der Waals surface area contributed by atoms with Crippen LogP contribution in [0.3, 0.4) is 0 Å². The maximum absolute atomic E-state index is 12.9. The third-order valence-corrected chi connectivity index (χ3v) is 4.90. The Labute approximate surface area is 172 Å². The summed E-state index contributed by atoms with van der Waals surface area (Å²) in [4.78, 5) is 12.9. The van der Waals surface area contributed by atoms with E-state index >= 15 is 0 Å². The summed E-state index contributed by atoms with van der Waals surface area (Å²) >= 11 is 12.8. The number of esters is 1. The molecule has 2 N–H and O–H groups in total. The molecule has 7 heteroatoms. The molecular formula is C21H16Cl2N2O3. The van der Waals surface area contributed by atoms with Gasteiger partial charge in [-0.2, -0.15) is 5.26 Å². The van der Waals surface area contributed by atoms with Crippen molar-refractivity contribution in [1.82, 2.24) is 0 Å². The number of carbonyl (C=O) groups is 1. The van der Waals surface area contributed by atoms with Crippen molar-refractivity contribution < 1.29 is 14.3 Å². The molecule has 5 nitrogen and oxygen atoms in total. The van der Waals surface area contributed by atoms with Crippen molar-refractivity contribution >= 4 is 34.9 Å². The average Bonchev–Trinajstić information content (AvgIpc) is 2.68. The van der Waals surface area contributed by atoms with Crippen LogP contribution >= 0.6 is 23.2 Å². The van der Waals surface area contributed by atoms with Crippen LogP contribution in [0.2, 0.25) is 10.0 Å². The summed E-state index contributed by atoms with van der Waals surface area (Å²) in [6.45, 7) is 1.84. The van der Waals surface area contributed by atoms with Crippen LogP contribution in [-0.2, 0) is 14.3 Å². The number of nitrogens with zero attached hydrogens (tertiary/aromatic N) is 1. The summed E-state index contributed by atoms with van der Waals surface area (Å²) in [5, 5.41) is 10.3. The minimum absolute atomic E-state index is 0.0396. The summed E-state index contributed by atoms with van der Waals surface area (Å²) in [6, 6.07) is 15.9. The first kappa shape index (κ1) is 19.8. The van der Waals surface area contributed by atoms with E-state index in [1.807, 2.05) is 12.1 Å². The number of rotatable bonds is 4. The van der Waals surface area contributed by atoms with Crippen LogP contribution in [0, 0.1) is 11.3 Å². The number of benzene rings is 2. The predicted molar refractivity (Wildman–Crippen MR) is 107 cm³/mol. The Balaban J connectivity index is 2.35. The maximum atomic E-state index is 12.9. The molecular weight excluding hydrogens is 399 g/mol. The molecule has 142 valence electrons. The van der Waals surface area contributed by atoms with Crippen molar-refractivity contribution in [2.75, 3.05) is 6.61 Å². The fraction of sp³-hybridized carbons (Fsp3) is 0.143. The van der Waals surface area contributed by atoms with E-state index in [9.17, 15) is 10.1 Å². The lowest BCUT2D eigenvalue weighted by Gasteiger charge is -2.29. The average molecular weight is 415 g/mol. The number of ether oxygens (including phenoxy) is 2. The number of carbonyl (C=O) groups excluding carboxylic acids is 1. The molecule has 2 aromatic carbocycles. The van der Waals surface area contributed by atoms with Crippen LogP contribution in [0.15, 0.2) is 65.6 Å². The highest BCUT2D eigenvalue weighted by molar-refractivity contribution is 6.36. The molecule has 1 aliphatic rings. The first-order valence-electron chi connectivity index (χ1n) is 8.47. The van der Waals surface area contributed by atoms with E-state index in [0.717, 1.165) is 0 Å². The van der Waals surface area contributed by atoms with Crippen molar-refractivity contribution in [3.63, 3.8) is 0 Å². The van der Waals surface area contributed by atoms with E-state index in [1.54, 1.807) is 49.4 Å². The standard InChI is InChI=1S/C21H16Cl2N2O3/c1-2-27-21(26)18-16(17-14(22)9-6-10-15(17)23)13(11-24)20(25)28-19(18)12-7-4-3-5-8-12/h3-10,16H,2,25H2,1H3/t16-/m1/s1. The zero-order valence-electron chi connectivity index (χ0n) is 14.9. The van der Waals surface area contributed by atoms with Gasteiger partial charge in [-0.05, 0) is 19.1 Å². The lowest BCUT2D eigenvalue weighted by Crippen LogP contribution is -2.26. The molecule has 3 rings (SSSR count). The second-order valence-corrected chi connectivity index (χ2v) is 6.70. The van der Waals surface area contributed by atoms with E-state index < -0.39 is 11.9 Å². The molecule has 0 unspecified atom stereocenters. The molecule has 0 aromatic heterocycles. The molecule has 1 heterocycles. The Morgan fingerprint density at radius 2 is 1.82 bits per heavy atom. The van der Waals surface area contributed by atoms with E-state index in [1.165, 1.54) is 0 Å². The number of hydrogen-bond acceptors (Lipinski definition) is 5. The third-order valence-electron chi connectivity index (χ3n) is 4.24. The first-order valence-corrected chi connectivity index (χ1v) is 9.23. The van der Waals surface area contributed by atoms with Gasteiger partial charge < -0.3 is 15.2 Å². The monoisotopic (exact) mass is 414 g/mol. The molecule has 1 aliphatic heterocycles. The topological polar surface area (TPSA) is 85.3 Å². The Kier molecular flexibility index (Phi) is 5.93. The minimum Gasteiger partial charge on any atom is -0.463 e. The Morgan fingerprint density at radius 3 is 2.39 bits per heavy atom. The molecule has 0 fully saturated rings. The van der Waals surface area contributed by atoms with Gasteiger partial charge >= 0.3 is 5.97 Å². The minimum atomic E-state index is -0.922. The van der Waals surface area contributed by atoms with Crippen LogP contribution in [0.4, 0.5) is 0 Å². The highest BCUT2D eigenvalue weighted by Gasteiger charge is 2.40. The van der Waals surface area contributed by atoms with Crippen LogP contribution in [0.1, 0.15) is 24.0 Å². The van der Waals surface area contributed by atoms with E-state index in [-0.39, 0.29) is 29.4 Å². The zero-order valence-corrected chi connectivity index (χ0v) is 16.4. The molecule has 28 heavy (non-hydrogen) atoms. The number of nitriles is 1. The first-order chi connectivity index (χ1) is 13.5. The van der Waals surface area contributed by atoms with Gasteiger partial charge in [0.05, 0.1) is 18.1 Å². The van der Waals surface area contributed by atoms with Crippen molar-refractivity contribution in [3.05, 3.63) is 86.7 Å². The molecule has 0 saturated heterocycles. The summed E-state index contributed by atoms with van der Waals surface area (Å²) in [5.74, 6) is -1.47. The van der Waals surface area contributed by atoms with Gasteiger partial charge in [-0.3, -0.25) is 0 Å². The van der Waals surface area contributed by atoms with Crippen LogP contribution in [0.5, 0.6) is 0 Å². The lowest BCUT2D eigenvalue weighted by atomic mass is 9.82. The van der Waals surface area contributed by atoms with Gasteiger partial charge in [0.2, 0.25) is 5.88 Å². The molecule has 0 saturated carbocycles. The summed E-state index contributed by atoms with van der Waals surface area (Å²) in [5.41, 5.74) is 7.21. The lowest BCUT2D eigenvalue weighted by molar-refractivity contribution is -0.138. The van der Waals surface area contributed by atoms with Crippen LogP contribution in [-0.4, -0.2) is 12.6 Å². The largest absolute Gasteiger partial charge is 0.463 e. The summed E-state index contributed by atoms with van der Waals surface area (Å²) in [6.07, 6.45) is 0. The van der Waals surface area contributed by atoms with Gasteiger partial charge in [0.1, 0.15) is 17.4 Å². The molecule has 0 radical (unpaired) electrons. The molecule has 2 aromatic rings. The molecule has 0 amide bonds. The van der Waals surface area contributed by atoms with E-state index in [4.69, 9.17) is 38.4 Å². The molecule has 1 atom stereocenters. The second kappa shape index (κ2) is 8.39. The third kappa shape index (κ3) is 3.57. The van der Waals surface area contributed by atoms with Crippen molar-refractivity contribution in [2.45, 2.75) is 12.8 Å². The number of allylic oxidation sites excluding steroid dienone is 1. The molecule has 0 bridgehead atoms. The predicted octanol–water partition coefficient (Wildman–Crippen LogP) is 4.78. The highest BCUT2D eigenvalue weighted by atomic mass is 35.5. The van der Waals surface area contributed by atoms with Gasteiger partial charge in [0, 0.05) is 21.2 Å². The fourth-order valence-electron chi connectivity index (χ4n) is 3.06. The Hall–Kier alpha value is -2.94. The van der Waals surface area contributed by atoms with Gasteiger partial charge in [-0.15, -0.1) is 0 Å². The van der Waals surface area contributed by atoms with Crippen molar-refractivity contribution in [2.24, 2.45) is 5.73 Å². The Bertz CT molecular complexity index is 1000. The van der Waals surface area contributed by atoms with Crippen molar-refractivity contribution in [1.29, 1.82) is 5.26 Å². The van der Waals surface area contributed by atoms with E-state index in [0.29, 0.717) is 21.2 Å². The molecule has 0 spiro atoms. The SMILES string of the molecule is CCOC(=O)C1=C(c2ccccc2)OC(N)=C(C#N)[C@@H]1c1c(Cl)cccc1Cl. The van der Waals surface area contributed by atoms with Gasteiger partial charge in [-0.25, -0.2) is 4.79 Å². The molecule has 0 aliphatic carbocycles. The summed E-state index contributed by atoms with van der Waals surface area (Å²) < 4.78 is 11.0. The summed E-state index contributed by atoms with van der Waals surface area (Å²) in [7, 11) is 0. The number of nitrogens with two attached hydrogens (primary N) is 1. The Morgan fingerprint density at radius 1 is 1.18 bits per heavy atom. The normalized spacial score (nSPS) is 16.4. The smallest absolute Gasteiger partial charge is 0.338 e. The van der Waals surface area contributed by atoms with E-state index in [2.05, 4.69) is 0 Å². The zero-order chi connectivity index (χ0) is 20.3. The van der Waals surface area contributed by atoms with Crippen LogP contribution in [0.25, 0.3) is 5.76 Å². The number of hydrogen-bond donors (Lipinski definition) is 1. The highest BCUT2D eigenvalue weighted by Crippen LogP contribution is 2.46. The van der Waals surface area contributed by atoms with Gasteiger partial charge in [0.15, 0.2) is 0 Å². The van der Waals surface area contributed by atoms with Gasteiger partial charge in [0.25, 0.3) is 0 Å². The van der Waals surface area contributed by atoms with Crippen molar-refractivity contribution in [3.8, 4) is 6.07 Å².